The molecule has 34 valence electrons. The maximum atomic E-state index is 2.12. The zero-order valence-corrected chi connectivity index (χ0v) is 8.68. The van der Waals surface area contributed by atoms with Crippen LogP contribution in [0, 0.1) is 0 Å². The zero-order valence-electron chi connectivity index (χ0n) is 3.82. The molecule has 0 saturated heterocycles. The second kappa shape index (κ2) is 19.5. The molecule has 0 aliphatic rings. The normalized spacial score (nSPS) is 3.60. The summed E-state index contributed by atoms with van der Waals surface area (Å²) < 4.78 is 0. The van der Waals surface area contributed by atoms with Crippen molar-refractivity contribution in [2.24, 2.45) is 0 Å². The molecule has 0 aromatic rings. The van der Waals surface area contributed by atoms with Gasteiger partial charge in [0.05, 0.1) is 0 Å². The third-order valence-corrected chi connectivity index (χ3v) is 0. The molecule has 0 heterocycles. The van der Waals surface area contributed by atoms with Crippen LogP contribution in [0.15, 0.2) is 0 Å². The number of rotatable bonds is 0. The van der Waals surface area contributed by atoms with Crippen LogP contribution in [-0.4, -0.2) is 23.9 Å². The van der Waals surface area contributed by atoms with E-state index >= 15 is 0 Å². The molecule has 0 aromatic carbocycles. The van der Waals surface area contributed by atoms with Crippen molar-refractivity contribution in [2.75, 3.05) is 0 Å². The fourth-order valence-corrected chi connectivity index (χ4v) is 0. The van der Waals surface area contributed by atoms with E-state index in [0.29, 0.717) is 0 Å². The van der Waals surface area contributed by atoms with Crippen molar-refractivity contribution in [1.82, 2.24) is 0 Å². The summed E-state index contributed by atoms with van der Waals surface area (Å²) in [6.07, 6.45) is 1.25. The Morgan fingerprint density at radius 3 is 1.20 bits per heavy atom. The van der Waals surface area contributed by atoms with Crippen LogP contribution in [0.2, 0.25) is 0 Å². The molecule has 0 N–H and O–H groups in total. The number of halogens is 1. The Morgan fingerprint density at radius 2 is 1.20 bits per heavy atom. The third kappa shape index (κ3) is 41.0. The van der Waals surface area contributed by atoms with Crippen LogP contribution in [0.5, 0.6) is 0 Å². The molecule has 2 radical (unpaired) electrons. The van der Waals surface area contributed by atoms with E-state index in [1.165, 1.54) is 6.42 Å². The topological polar surface area (TPSA) is 0 Å². The minimum atomic E-state index is 0. The SMILES string of the molecule is CCC.Cl.[SnH2]. The summed E-state index contributed by atoms with van der Waals surface area (Å²) in [5.74, 6) is 0. The van der Waals surface area contributed by atoms with Crippen molar-refractivity contribution >= 4 is 36.3 Å². The molecule has 0 amide bonds. The fraction of sp³-hybridized carbons (Fsp3) is 1.00. The minimum absolute atomic E-state index is 0. The van der Waals surface area contributed by atoms with Gasteiger partial charge in [-0.1, -0.05) is 20.3 Å². The molecule has 0 spiro atoms. The molecule has 0 bridgehead atoms. The van der Waals surface area contributed by atoms with E-state index in [1.807, 2.05) is 0 Å². The molecule has 0 aromatic heterocycles. The Balaban J connectivity index is -0.0000000200. The first-order valence-electron chi connectivity index (χ1n) is 1.41. The van der Waals surface area contributed by atoms with E-state index < -0.39 is 0 Å². The van der Waals surface area contributed by atoms with Crippen LogP contribution in [0.3, 0.4) is 0 Å². The standard InChI is InChI=1S/C3H8.ClH.Sn.2H/c1-3-2;;;;/h3H2,1-2H3;1H;;;. The molecule has 0 nitrogen and oxygen atoms in total. The average Bonchev–Trinajstić information content (AvgIpc) is 0.918. The number of hydrogen-bond acceptors (Lipinski definition) is 0. The first-order chi connectivity index (χ1) is 1.41. The molecule has 2 heteroatoms. The Hall–Kier alpha value is 1.09. The van der Waals surface area contributed by atoms with E-state index in [2.05, 4.69) is 13.8 Å². The van der Waals surface area contributed by atoms with E-state index in [0.717, 1.165) is 0 Å². The quantitative estimate of drug-likeness (QED) is 0.511. The van der Waals surface area contributed by atoms with Gasteiger partial charge in [-0.15, -0.1) is 12.4 Å². The predicted molar refractivity (Wildman–Crippen MR) is 31.8 cm³/mol. The summed E-state index contributed by atoms with van der Waals surface area (Å²) in [7, 11) is 0. The maximum absolute atomic E-state index is 2.12. The Morgan fingerprint density at radius 1 is 1.20 bits per heavy atom. The molecular formula is C3H11ClSn. The molecule has 0 aliphatic heterocycles. The zero-order chi connectivity index (χ0) is 2.71. The van der Waals surface area contributed by atoms with E-state index in [-0.39, 0.29) is 36.3 Å². The molecule has 0 aliphatic carbocycles. The van der Waals surface area contributed by atoms with E-state index in [1.54, 1.807) is 0 Å². The average molecular weight is 201 g/mol. The summed E-state index contributed by atoms with van der Waals surface area (Å²) >= 11 is 0. The molecule has 5 heavy (non-hydrogen) atoms. The van der Waals surface area contributed by atoms with Crippen LogP contribution in [0.4, 0.5) is 0 Å². The monoisotopic (exact) mass is 202 g/mol. The summed E-state index contributed by atoms with van der Waals surface area (Å²) in [6.45, 7) is 4.25. The predicted octanol–water partition coefficient (Wildman–Crippen LogP) is 0.922. The van der Waals surface area contributed by atoms with Crippen LogP contribution < -0.4 is 0 Å². The third-order valence-electron chi connectivity index (χ3n) is 0. The summed E-state index contributed by atoms with van der Waals surface area (Å²) in [4.78, 5) is 0. The van der Waals surface area contributed by atoms with Crippen molar-refractivity contribution in [3.8, 4) is 0 Å². The first-order valence-corrected chi connectivity index (χ1v) is 1.41. The second-order valence-electron chi connectivity index (χ2n) is 0.707. The molecular weight excluding hydrogens is 190 g/mol. The second-order valence-corrected chi connectivity index (χ2v) is 0.707. The van der Waals surface area contributed by atoms with Gasteiger partial charge in [-0.05, 0) is 0 Å². The van der Waals surface area contributed by atoms with Crippen molar-refractivity contribution in [2.45, 2.75) is 20.3 Å². The molecule has 0 unspecified atom stereocenters. The number of hydrogen-bond donors (Lipinski definition) is 0. The van der Waals surface area contributed by atoms with E-state index in [9.17, 15) is 0 Å². The van der Waals surface area contributed by atoms with Gasteiger partial charge in [-0.3, -0.25) is 0 Å². The van der Waals surface area contributed by atoms with Gasteiger partial charge in [0, 0.05) is 0 Å². The summed E-state index contributed by atoms with van der Waals surface area (Å²) in [5, 5.41) is 0. The van der Waals surface area contributed by atoms with Gasteiger partial charge in [0.25, 0.3) is 0 Å². The molecule has 0 fully saturated rings. The summed E-state index contributed by atoms with van der Waals surface area (Å²) in [5.41, 5.74) is 0. The van der Waals surface area contributed by atoms with Gasteiger partial charge < -0.3 is 0 Å². The van der Waals surface area contributed by atoms with Crippen molar-refractivity contribution in [1.29, 1.82) is 0 Å². The molecule has 0 atom stereocenters. The fourth-order valence-electron chi connectivity index (χ4n) is 0. The van der Waals surface area contributed by atoms with Crippen LogP contribution in [-0.2, 0) is 0 Å². The van der Waals surface area contributed by atoms with Gasteiger partial charge in [-0.2, -0.15) is 0 Å². The first kappa shape index (κ1) is 16.5. The van der Waals surface area contributed by atoms with Gasteiger partial charge in [0.1, 0.15) is 0 Å². The molecule has 0 saturated carbocycles. The Bertz CT molecular complexity index is 6.85. The van der Waals surface area contributed by atoms with Crippen LogP contribution >= 0.6 is 12.4 Å². The van der Waals surface area contributed by atoms with Crippen molar-refractivity contribution < 1.29 is 0 Å². The van der Waals surface area contributed by atoms with Crippen LogP contribution in [0.25, 0.3) is 0 Å². The van der Waals surface area contributed by atoms with Crippen molar-refractivity contribution in [3.05, 3.63) is 0 Å². The van der Waals surface area contributed by atoms with Gasteiger partial charge in [0.2, 0.25) is 0 Å². The van der Waals surface area contributed by atoms with Crippen LogP contribution in [0.1, 0.15) is 20.3 Å². The Kier molecular flexibility index (Phi) is 64.5. The van der Waals surface area contributed by atoms with Crippen molar-refractivity contribution in [3.63, 3.8) is 0 Å². The van der Waals surface area contributed by atoms with Gasteiger partial charge in [-0.25, -0.2) is 0 Å². The Labute approximate surface area is 56.7 Å². The summed E-state index contributed by atoms with van der Waals surface area (Å²) in [6, 6.07) is 0. The molecule has 0 rings (SSSR count). The van der Waals surface area contributed by atoms with E-state index in [4.69, 9.17) is 0 Å². The van der Waals surface area contributed by atoms with Gasteiger partial charge in [0.15, 0.2) is 0 Å². The van der Waals surface area contributed by atoms with Gasteiger partial charge >= 0.3 is 23.9 Å².